The summed E-state index contributed by atoms with van der Waals surface area (Å²) in [5.74, 6) is 1.58. The number of rotatable bonds is 6. The van der Waals surface area contributed by atoms with Crippen LogP contribution in [0.25, 0.3) is 11.4 Å². The number of hydrogen-bond donors (Lipinski definition) is 0. The number of benzene rings is 2. The number of piperazine rings is 1. The molecule has 33 heavy (non-hydrogen) atoms. The van der Waals surface area contributed by atoms with Gasteiger partial charge in [-0.05, 0) is 43.7 Å². The molecule has 1 aromatic heterocycles. The van der Waals surface area contributed by atoms with Crippen LogP contribution in [-0.4, -0.2) is 66.2 Å². The molecule has 0 aliphatic carbocycles. The Labute approximate surface area is 191 Å². The van der Waals surface area contributed by atoms with Crippen LogP contribution in [0.4, 0.5) is 4.39 Å². The van der Waals surface area contributed by atoms with Gasteiger partial charge in [0.05, 0.1) is 20.3 Å². The SMILES string of the molecule is COc1ccc(C(=O)N2CCN(C(C)c3nc(-c4ccc(C)c(F)c4)no3)CC2)cc1OC. The summed E-state index contributed by atoms with van der Waals surface area (Å²) in [7, 11) is 3.11. The van der Waals surface area contributed by atoms with E-state index < -0.39 is 0 Å². The van der Waals surface area contributed by atoms with Gasteiger partial charge in [0, 0.05) is 37.3 Å². The van der Waals surface area contributed by atoms with Crippen LogP contribution in [0.5, 0.6) is 11.5 Å². The molecule has 0 N–H and O–H groups in total. The molecule has 1 aliphatic heterocycles. The van der Waals surface area contributed by atoms with Crippen molar-refractivity contribution >= 4 is 5.91 Å². The molecule has 1 atom stereocenters. The van der Waals surface area contributed by atoms with Crippen molar-refractivity contribution in [3.8, 4) is 22.9 Å². The number of carbonyl (C=O) groups excluding carboxylic acids is 1. The Morgan fingerprint density at radius 2 is 1.79 bits per heavy atom. The molecule has 9 heteroatoms. The molecule has 1 saturated heterocycles. The summed E-state index contributed by atoms with van der Waals surface area (Å²) >= 11 is 0. The fraction of sp³-hybridized carbons (Fsp3) is 0.375. The zero-order valence-electron chi connectivity index (χ0n) is 19.2. The zero-order chi connectivity index (χ0) is 23.5. The number of halogens is 1. The first-order valence-corrected chi connectivity index (χ1v) is 10.8. The molecule has 0 spiro atoms. The van der Waals surface area contributed by atoms with Crippen molar-refractivity contribution in [3.63, 3.8) is 0 Å². The van der Waals surface area contributed by atoms with E-state index in [9.17, 15) is 9.18 Å². The minimum Gasteiger partial charge on any atom is -0.493 e. The molecule has 8 nitrogen and oxygen atoms in total. The number of amides is 1. The number of nitrogens with zero attached hydrogens (tertiary/aromatic N) is 4. The molecule has 4 rings (SSSR count). The number of ether oxygens (including phenoxy) is 2. The third-order valence-corrected chi connectivity index (χ3v) is 6.01. The van der Waals surface area contributed by atoms with E-state index in [1.54, 1.807) is 51.5 Å². The van der Waals surface area contributed by atoms with Crippen molar-refractivity contribution in [2.24, 2.45) is 0 Å². The van der Waals surface area contributed by atoms with E-state index in [2.05, 4.69) is 15.0 Å². The van der Waals surface area contributed by atoms with Gasteiger partial charge in [-0.25, -0.2) is 4.39 Å². The van der Waals surface area contributed by atoms with Crippen molar-refractivity contribution in [1.82, 2.24) is 19.9 Å². The van der Waals surface area contributed by atoms with Gasteiger partial charge in [0.15, 0.2) is 11.5 Å². The average Bonchev–Trinajstić information content (AvgIpc) is 3.35. The lowest BCUT2D eigenvalue weighted by Crippen LogP contribution is -2.49. The normalized spacial score (nSPS) is 15.4. The molecule has 3 aromatic rings. The van der Waals surface area contributed by atoms with Gasteiger partial charge in [0.1, 0.15) is 5.82 Å². The first-order chi connectivity index (χ1) is 15.9. The minimum absolute atomic E-state index is 0.0512. The standard InChI is InChI=1S/C24H27FN4O4/c1-15-5-6-17(13-19(15)25)22-26-23(33-27-22)16(2)28-9-11-29(12-10-28)24(30)18-7-8-20(31-3)21(14-18)32-4/h5-8,13-14,16H,9-12H2,1-4H3. The first kappa shape index (κ1) is 22.7. The number of carbonyl (C=O) groups is 1. The van der Waals surface area contributed by atoms with Gasteiger partial charge in [-0.3, -0.25) is 9.69 Å². The lowest BCUT2D eigenvalue weighted by atomic mass is 10.1. The summed E-state index contributed by atoms with van der Waals surface area (Å²) in [6.45, 7) is 6.16. The third kappa shape index (κ3) is 4.68. The topological polar surface area (TPSA) is 80.9 Å². The molecule has 2 heterocycles. The van der Waals surface area contributed by atoms with E-state index >= 15 is 0 Å². The molecule has 1 amide bonds. The summed E-state index contributed by atoms with van der Waals surface area (Å²) in [5.41, 5.74) is 1.70. The Kier molecular flexibility index (Phi) is 6.60. The van der Waals surface area contributed by atoms with Crippen LogP contribution < -0.4 is 9.47 Å². The second kappa shape index (κ2) is 9.58. The van der Waals surface area contributed by atoms with Crippen molar-refractivity contribution in [2.75, 3.05) is 40.4 Å². The van der Waals surface area contributed by atoms with Gasteiger partial charge in [0.2, 0.25) is 11.7 Å². The van der Waals surface area contributed by atoms with Gasteiger partial charge in [-0.2, -0.15) is 4.98 Å². The zero-order valence-corrected chi connectivity index (χ0v) is 19.2. The highest BCUT2D eigenvalue weighted by Crippen LogP contribution is 2.29. The largest absolute Gasteiger partial charge is 0.493 e. The lowest BCUT2D eigenvalue weighted by Gasteiger charge is -2.36. The van der Waals surface area contributed by atoms with Crippen LogP contribution >= 0.6 is 0 Å². The molecule has 1 fully saturated rings. The number of methoxy groups -OCH3 is 2. The minimum atomic E-state index is -0.304. The monoisotopic (exact) mass is 454 g/mol. The smallest absolute Gasteiger partial charge is 0.254 e. The Morgan fingerprint density at radius 3 is 2.45 bits per heavy atom. The fourth-order valence-electron chi connectivity index (χ4n) is 3.87. The van der Waals surface area contributed by atoms with E-state index in [0.717, 1.165) is 0 Å². The van der Waals surface area contributed by atoms with Crippen molar-refractivity contribution in [2.45, 2.75) is 19.9 Å². The molecular weight excluding hydrogens is 427 g/mol. The highest BCUT2D eigenvalue weighted by molar-refractivity contribution is 5.95. The van der Waals surface area contributed by atoms with Crippen LogP contribution in [0, 0.1) is 12.7 Å². The lowest BCUT2D eigenvalue weighted by molar-refractivity contribution is 0.0551. The van der Waals surface area contributed by atoms with Crippen LogP contribution in [0.1, 0.15) is 34.8 Å². The Hall–Kier alpha value is -3.46. The molecular formula is C24H27FN4O4. The fourth-order valence-corrected chi connectivity index (χ4v) is 3.87. The second-order valence-electron chi connectivity index (χ2n) is 7.99. The summed E-state index contributed by atoms with van der Waals surface area (Å²) in [4.78, 5) is 21.4. The van der Waals surface area contributed by atoms with Gasteiger partial charge < -0.3 is 18.9 Å². The summed E-state index contributed by atoms with van der Waals surface area (Å²) in [6.07, 6.45) is 0. The number of hydrogen-bond acceptors (Lipinski definition) is 7. The van der Waals surface area contributed by atoms with E-state index in [0.29, 0.717) is 66.1 Å². The van der Waals surface area contributed by atoms with Crippen molar-refractivity contribution in [3.05, 3.63) is 59.2 Å². The van der Waals surface area contributed by atoms with Gasteiger partial charge in [0.25, 0.3) is 5.91 Å². The average molecular weight is 455 g/mol. The molecule has 0 radical (unpaired) electrons. The summed E-state index contributed by atoms with van der Waals surface area (Å²) < 4.78 is 29.9. The second-order valence-corrected chi connectivity index (χ2v) is 7.99. The van der Waals surface area contributed by atoms with E-state index in [-0.39, 0.29) is 17.8 Å². The Morgan fingerprint density at radius 1 is 1.06 bits per heavy atom. The molecule has 1 aliphatic rings. The number of aryl methyl sites for hydroxylation is 1. The highest BCUT2D eigenvalue weighted by atomic mass is 19.1. The molecule has 2 aromatic carbocycles. The quantitative estimate of drug-likeness (QED) is 0.562. The molecule has 0 saturated carbocycles. The van der Waals surface area contributed by atoms with Gasteiger partial charge in [-0.1, -0.05) is 17.3 Å². The summed E-state index contributed by atoms with van der Waals surface area (Å²) in [6, 6.07) is 9.93. The highest BCUT2D eigenvalue weighted by Gasteiger charge is 2.28. The predicted octanol–water partition coefficient (Wildman–Crippen LogP) is 3.72. The molecule has 1 unspecified atom stereocenters. The van der Waals surface area contributed by atoms with Crippen LogP contribution in [0.2, 0.25) is 0 Å². The maximum atomic E-state index is 13.9. The van der Waals surface area contributed by atoms with Crippen molar-refractivity contribution in [1.29, 1.82) is 0 Å². The predicted molar refractivity (Wildman–Crippen MR) is 120 cm³/mol. The van der Waals surface area contributed by atoms with Gasteiger partial charge in [-0.15, -0.1) is 0 Å². The Bertz CT molecular complexity index is 1140. The first-order valence-electron chi connectivity index (χ1n) is 10.8. The summed E-state index contributed by atoms with van der Waals surface area (Å²) in [5, 5.41) is 4.02. The van der Waals surface area contributed by atoms with Crippen LogP contribution in [-0.2, 0) is 0 Å². The van der Waals surface area contributed by atoms with Gasteiger partial charge >= 0.3 is 0 Å². The Balaban J connectivity index is 1.39. The van der Waals surface area contributed by atoms with Crippen molar-refractivity contribution < 1.29 is 23.2 Å². The molecule has 0 bridgehead atoms. The van der Waals surface area contributed by atoms with Crippen LogP contribution in [0.15, 0.2) is 40.9 Å². The van der Waals surface area contributed by atoms with Crippen LogP contribution in [0.3, 0.4) is 0 Å². The maximum Gasteiger partial charge on any atom is 0.254 e. The maximum absolute atomic E-state index is 13.9. The third-order valence-electron chi connectivity index (χ3n) is 6.01. The number of aromatic nitrogens is 2. The molecule has 174 valence electrons. The van der Waals surface area contributed by atoms with E-state index in [4.69, 9.17) is 14.0 Å². The van der Waals surface area contributed by atoms with E-state index in [1.807, 2.05) is 11.8 Å². The van der Waals surface area contributed by atoms with E-state index in [1.165, 1.54) is 6.07 Å².